The van der Waals surface area contributed by atoms with Gasteiger partial charge in [0, 0.05) is 23.3 Å². The highest BCUT2D eigenvalue weighted by molar-refractivity contribution is 7.10. The molecule has 2 aromatic heterocycles. The number of nitrogens with zero attached hydrogens (tertiary/aromatic N) is 2. The maximum atomic E-state index is 12.0. The molecule has 0 fully saturated rings. The van der Waals surface area contributed by atoms with Crippen molar-refractivity contribution in [3.63, 3.8) is 0 Å². The van der Waals surface area contributed by atoms with E-state index in [0.717, 1.165) is 18.7 Å². The molecule has 0 aliphatic rings. The number of carbonyl (C=O) groups is 1. The van der Waals surface area contributed by atoms with Crippen molar-refractivity contribution in [3.05, 3.63) is 34.0 Å². The molecule has 0 bridgehead atoms. The minimum absolute atomic E-state index is 0.0909. The Morgan fingerprint density at radius 3 is 2.95 bits per heavy atom. The molecule has 1 amide bonds. The van der Waals surface area contributed by atoms with Crippen molar-refractivity contribution in [1.29, 1.82) is 0 Å². The largest absolute Gasteiger partial charge is 0.348 e. The Labute approximate surface area is 122 Å². The maximum absolute atomic E-state index is 12.0. The molecule has 0 spiro atoms. The van der Waals surface area contributed by atoms with Gasteiger partial charge in [-0.2, -0.15) is 0 Å². The third-order valence-electron chi connectivity index (χ3n) is 3.10. The molecule has 2 aromatic rings. The average Bonchev–Trinajstić information content (AvgIpc) is 3.07. The SMILES string of the molecule is CCCc1nc(C(=O)NCC(C)(C)c2cccs2)n[nH]1. The lowest BCUT2D eigenvalue weighted by atomic mass is 9.91. The molecule has 0 aliphatic heterocycles. The van der Waals surface area contributed by atoms with Gasteiger partial charge >= 0.3 is 0 Å². The van der Waals surface area contributed by atoms with Gasteiger partial charge in [-0.1, -0.05) is 26.8 Å². The summed E-state index contributed by atoms with van der Waals surface area (Å²) in [5.74, 6) is 0.749. The van der Waals surface area contributed by atoms with Gasteiger partial charge in [0.2, 0.25) is 5.82 Å². The van der Waals surface area contributed by atoms with Crippen LogP contribution in [-0.4, -0.2) is 27.6 Å². The molecule has 5 nitrogen and oxygen atoms in total. The maximum Gasteiger partial charge on any atom is 0.290 e. The highest BCUT2D eigenvalue weighted by Crippen LogP contribution is 2.26. The molecular weight excluding hydrogens is 272 g/mol. The zero-order chi connectivity index (χ0) is 14.6. The lowest BCUT2D eigenvalue weighted by molar-refractivity contribution is 0.0936. The predicted octanol–water partition coefficient (Wildman–Crippen LogP) is 2.53. The first kappa shape index (κ1) is 14.7. The number of hydrogen-bond acceptors (Lipinski definition) is 4. The molecule has 108 valence electrons. The standard InChI is InChI=1S/C14H20N4OS/c1-4-6-11-16-12(18-17-11)13(19)15-9-14(2,3)10-7-5-8-20-10/h5,7-8H,4,6,9H2,1-3H3,(H,15,19)(H,16,17,18). The quantitative estimate of drug-likeness (QED) is 0.859. The molecule has 0 atom stereocenters. The number of H-pyrrole nitrogens is 1. The highest BCUT2D eigenvalue weighted by atomic mass is 32.1. The number of aryl methyl sites for hydroxylation is 1. The lowest BCUT2D eigenvalue weighted by Gasteiger charge is -2.23. The summed E-state index contributed by atoms with van der Waals surface area (Å²) in [6, 6.07) is 4.11. The van der Waals surface area contributed by atoms with Crippen LogP contribution in [0.1, 0.15) is 48.5 Å². The lowest BCUT2D eigenvalue weighted by Crippen LogP contribution is -2.36. The second kappa shape index (κ2) is 6.17. The third-order valence-corrected chi connectivity index (χ3v) is 4.34. The first-order valence-corrected chi connectivity index (χ1v) is 7.64. The van der Waals surface area contributed by atoms with E-state index >= 15 is 0 Å². The number of aromatic amines is 1. The van der Waals surface area contributed by atoms with Crippen LogP contribution in [-0.2, 0) is 11.8 Å². The van der Waals surface area contributed by atoms with Crippen LogP contribution in [0.4, 0.5) is 0 Å². The third kappa shape index (κ3) is 3.45. The minimum atomic E-state index is -0.228. The van der Waals surface area contributed by atoms with Gasteiger partial charge in [0.05, 0.1) is 0 Å². The zero-order valence-corrected chi connectivity index (χ0v) is 12.9. The highest BCUT2D eigenvalue weighted by Gasteiger charge is 2.23. The van der Waals surface area contributed by atoms with Gasteiger partial charge in [-0.25, -0.2) is 4.98 Å². The number of aromatic nitrogens is 3. The monoisotopic (exact) mass is 292 g/mol. The zero-order valence-electron chi connectivity index (χ0n) is 12.1. The first-order valence-electron chi connectivity index (χ1n) is 6.76. The van der Waals surface area contributed by atoms with Crippen molar-refractivity contribution in [2.75, 3.05) is 6.54 Å². The molecule has 0 saturated carbocycles. The van der Waals surface area contributed by atoms with Crippen LogP contribution in [0.15, 0.2) is 17.5 Å². The molecule has 2 heterocycles. The van der Waals surface area contributed by atoms with Gasteiger partial charge in [0.15, 0.2) is 0 Å². The summed E-state index contributed by atoms with van der Waals surface area (Å²) in [5, 5.41) is 11.7. The van der Waals surface area contributed by atoms with E-state index < -0.39 is 0 Å². The van der Waals surface area contributed by atoms with Crippen molar-refractivity contribution in [2.24, 2.45) is 0 Å². The van der Waals surface area contributed by atoms with Crippen molar-refractivity contribution in [2.45, 2.75) is 39.0 Å². The fraction of sp³-hybridized carbons (Fsp3) is 0.500. The fourth-order valence-electron chi connectivity index (χ4n) is 1.88. The number of thiophene rings is 1. The summed E-state index contributed by atoms with van der Waals surface area (Å²) in [6.07, 6.45) is 1.78. The van der Waals surface area contributed by atoms with Crippen LogP contribution in [0.25, 0.3) is 0 Å². The van der Waals surface area contributed by atoms with Crippen LogP contribution in [0, 0.1) is 0 Å². The Morgan fingerprint density at radius 1 is 1.50 bits per heavy atom. The normalized spacial score (nSPS) is 11.6. The molecular formula is C14H20N4OS. The van der Waals surface area contributed by atoms with E-state index in [-0.39, 0.29) is 17.1 Å². The Morgan fingerprint density at radius 2 is 2.30 bits per heavy atom. The molecule has 0 aromatic carbocycles. The van der Waals surface area contributed by atoms with Gasteiger partial charge < -0.3 is 5.32 Å². The summed E-state index contributed by atoms with van der Waals surface area (Å²) in [7, 11) is 0. The molecule has 0 aliphatic carbocycles. The molecule has 0 radical (unpaired) electrons. The summed E-state index contributed by atoms with van der Waals surface area (Å²) < 4.78 is 0. The Kier molecular flexibility index (Phi) is 4.54. The predicted molar refractivity (Wildman–Crippen MR) is 80.1 cm³/mol. The second-order valence-electron chi connectivity index (χ2n) is 5.40. The van der Waals surface area contributed by atoms with Gasteiger partial charge in [-0.15, -0.1) is 16.4 Å². The van der Waals surface area contributed by atoms with E-state index in [4.69, 9.17) is 0 Å². The van der Waals surface area contributed by atoms with Crippen molar-refractivity contribution >= 4 is 17.2 Å². The van der Waals surface area contributed by atoms with Crippen LogP contribution in [0.5, 0.6) is 0 Å². The fourth-order valence-corrected chi connectivity index (χ4v) is 2.73. The van der Waals surface area contributed by atoms with Gasteiger partial charge in [-0.05, 0) is 17.9 Å². The van der Waals surface area contributed by atoms with Gasteiger partial charge in [-0.3, -0.25) is 9.89 Å². The molecule has 6 heteroatoms. The van der Waals surface area contributed by atoms with E-state index in [9.17, 15) is 4.79 Å². The van der Waals surface area contributed by atoms with Crippen LogP contribution >= 0.6 is 11.3 Å². The molecule has 0 unspecified atom stereocenters. The van der Waals surface area contributed by atoms with E-state index in [1.165, 1.54) is 4.88 Å². The van der Waals surface area contributed by atoms with E-state index in [0.29, 0.717) is 6.54 Å². The number of nitrogens with one attached hydrogen (secondary N) is 2. The van der Waals surface area contributed by atoms with Gasteiger partial charge in [0.25, 0.3) is 5.91 Å². The summed E-state index contributed by atoms with van der Waals surface area (Å²) in [6.45, 7) is 6.84. The smallest absolute Gasteiger partial charge is 0.290 e. The Balaban J connectivity index is 1.94. The topological polar surface area (TPSA) is 70.7 Å². The summed E-state index contributed by atoms with van der Waals surface area (Å²) in [5.41, 5.74) is -0.0909. The van der Waals surface area contributed by atoms with E-state index in [1.54, 1.807) is 11.3 Å². The van der Waals surface area contributed by atoms with Crippen LogP contribution in [0.3, 0.4) is 0 Å². The number of carbonyl (C=O) groups excluding carboxylic acids is 1. The van der Waals surface area contributed by atoms with Gasteiger partial charge in [0.1, 0.15) is 5.82 Å². The summed E-state index contributed by atoms with van der Waals surface area (Å²) in [4.78, 5) is 17.5. The second-order valence-corrected chi connectivity index (χ2v) is 6.35. The van der Waals surface area contributed by atoms with Crippen molar-refractivity contribution in [3.8, 4) is 0 Å². The van der Waals surface area contributed by atoms with E-state index in [2.05, 4.69) is 47.3 Å². The number of rotatable bonds is 6. The first-order chi connectivity index (χ1) is 9.53. The minimum Gasteiger partial charge on any atom is -0.348 e. The number of hydrogen-bond donors (Lipinski definition) is 2. The van der Waals surface area contributed by atoms with Crippen molar-refractivity contribution < 1.29 is 4.79 Å². The summed E-state index contributed by atoms with van der Waals surface area (Å²) >= 11 is 1.70. The molecule has 2 N–H and O–H groups in total. The molecule has 20 heavy (non-hydrogen) atoms. The molecule has 0 saturated heterocycles. The van der Waals surface area contributed by atoms with Crippen molar-refractivity contribution in [1.82, 2.24) is 20.5 Å². The molecule has 2 rings (SSSR count). The Bertz CT molecular complexity index is 560. The Hall–Kier alpha value is -1.69. The average molecular weight is 292 g/mol. The van der Waals surface area contributed by atoms with Crippen LogP contribution in [0.2, 0.25) is 0 Å². The van der Waals surface area contributed by atoms with E-state index in [1.807, 2.05) is 11.4 Å². The number of amides is 1. The van der Waals surface area contributed by atoms with Crippen LogP contribution < -0.4 is 5.32 Å².